The minimum absolute atomic E-state index is 0.0140. The van der Waals surface area contributed by atoms with Gasteiger partial charge in [0.05, 0.1) is 5.41 Å². The van der Waals surface area contributed by atoms with Gasteiger partial charge in [-0.2, -0.15) is 0 Å². The Morgan fingerprint density at radius 3 is 2.25 bits per heavy atom. The van der Waals surface area contributed by atoms with Crippen molar-refractivity contribution in [2.45, 2.75) is 119 Å². The second kappa shape index (κ2) is 9.95. The van der Waals surface area contributed by atoms with Crippen LogP contribution in [0.1, 0.15) is 113 Å². The molecular weight excluding hydrogens is 568 g/mol. The van der Waals surface area contributed by atoms with Crippen LogP contribution in [0.4, 0.5) is 0 Å². The zero-order valence-corrected chi connectivity index (χ0v) is 27.7. The first kappa shape index (κ1) is 30.3. The van der Waals surface area contributed by atoms with E-state index in [1.54, 1.807) is 0 Å². The van der Waals surface area contributed by atoms with Gasteiger partial charge in [0.25, 0.3) is 0 Å². The number of rotatable bonds is 5. The van der Waals surface area contributed by atoms with Crippen molar-refractivity contribution in [1.29, 1.82) is 0 Å². The van der Waals surface area contributed by atoms with Gasteiger partial charge in [-0.05, 0) is 102 Å². The third-order valence-electron chi connectivity index (χ3n) is 13.4. The monoisotopic (exact) mass is 618 g/mol. The van der Waals surface area contributed by atoms with Gasteiger partial charge in [0.1, 0.15) is 12.7 Å². The fraction of sp³-hybridized carbons (Fsp3) is 0.853. The summed E-state index contributed by atoms with van der Waals surface area (Å²) in [5.74, 6) is 1.21. The van der Waals surface area contributed by atoms with Crippen molar-refractivity contribution in [2.75, 3.05) is 11.9 Å². The van der Waals surface area contributed by atoms with Crippen molar-refractivity contribution in [3.8, 4) is 0 Å². The van der Waals surface area contributed by atoms with Gasteiger partial charge in [-0.1, -0.05) is 64.4 Å². The van der Waals surface area contributed by atoms with Crippen LogP contribution in [-0.4, -0.2) is 35.8 Å². The zero-order valence-electron chi connectivity index (χ0n) is 26.1. The SMILES string of the molecule is CC(=O)O[C@H]1CC[C@]2(C)[C@H]3CC[C@@H]4C5=C(C(C)C)C(=O)C[C@]5(C(=O)OCCBr)CC[C@@]4(C)[C@]3(C)CC[C@H]2C1(C)C. The van der Waals surface area contributed by atoms with Crippen LogP contribution in [0, 0.1) is 50.7 Å². The van der Waals surface area contributed by atoms with Crippen LogP contribution in [-0.2, 0) is 23.9 Å². The highest BCUT2D eigenvalue weighted by molar-refractivity contribution is 9.09. The van der Waals surface area contributed by atoms with Crippen molar-refractivity contribution >= 4 is 33.7 Å². The molecule has 0 radical (unpaired) electrons. The Hall–Kier alpha value is -1.17. The predicted octanol–water partition coefficient (Wildman–Crippen LogP) is 7.84. The Kier molecular flexibility index (Phi) is 7.53. The van der Waals surface area contributed by atoms with Crippen LogP contribution < -0.4 is 0 Å². The maximum Gasteiger partial charge on any atom is 0.316 e. The molecule has 6 heteroatoms. The molecule has 0 heterocycles. The molecule has 0 aromatic rings. The lowest BCUT2D eigenvalue weighted by molar-refractivity contribution is -0.233. The topological polar surface area (TPSA) is 69.7 Å². The molecule has 0 aromatic heterocycles. The number of halogens is 1. The van der Waals surface area contributed by atoms with Gasteiger partial charge < -0.3 is 9.47 Å². The third kappa shape index (κ3) is 3.99. The minimum Gasteiger partial charge on any atom is -0.464 e. The zero-order chi connectivity index (χ0) is 29.5. The lowest BCUT2D eigenvalue weighted by atomic mass is 9.33. The van der Waals surface area contributed by atoms with Gasteiger partial charge in [-0.3, -0.25) is 14.4 Å². The van der Waals surface area contributed by atoms with E-state index in [9.17, 15) is 14.4 Å². The second-order valence-electron chi connectivity index (χ2n) is 15.6. The summed E-state index contributed by atoms with van der Waals surface area (Å²) in [6, 6.07) is 0. The number of ketones is 1. The van der Waals surface area contributed by atoms with E-state index in [1.165, 1.54) is 6.92 Å². The smallest absolute Gasteiger partial charge is 0.316 e. The molecule has 0 N–H and O–H groups in total. The summed E-state index contributed by atoms with van der Waals surface area (Å²) >= 11 is 3.40. The highest BCUT2D eigenvalue weighted by Gasteiger charge is 2.71. The number of ether oxygens (including phenoxy) is 2. The van der Waals surface area contributed by atoms with E-state index < -0.39 is 5.41 Å². The minimum atomic E-state index is -0.780. The summed E-state index contributed by atoms with van der Waals surface area (Å²) in [5, 5.41) is 0.605. The van der Waals surface area contributed by atoms with E-state index in [0.29, 0.717) is 30.2 Å². The molecule has 224 valence electrons. The molecule has 5 aliphatic carbocycles. The molecule has 8 atom stereocenters. The molecule has 0 saturated heterocycles. The quantitative estimate of drug-likeness (QED) is 0.232. The van der Waals surface area contributed by atoms with E-state index in [2.05, 4.69) is 64.4 Å². The maximum absolute atomic E-state index is 13.8. The van der Waals surface area contributed by atoms with Gasteiger partial charge in [-0.25, -0.2) is 0 Å². The number of Topliss-reactive ketones (excluding diaryl/α,β-unsaturated/α-hetero) is 1. The van der Waals surface area contributed by atoms with Gasteiger partial charge in [-0.15, -0.1) is 0 Å². The highest BCUT2D eigenvalue weighted by atomic mass is 79.9. The molecule has 0 unspecified atom stereocenters. The standard InChI is InChI=1S/C34H51BrO5/c1-20(2)27-23(37)19-34(29(38)39-18-17-35)16-15-32(7)22(28(27)34)9-10-25-31(6)13-12-26(40-21(3)36)30(4,5)24(31)11-14-33(25,32)8/h20,22,24-26H,9-19H2,1-8H3/t22-,24+,25-,26+,31+,32-,33-,34-/m1/s1. The average Bonchev–Trinajstić information content (AvgIpc) is 3.18. The Morgan fingerprint density at radius 1 is 0.925 bits per heavy atom. The fourth-order valence-corrected chi connectivity index (χ4v) is 11.7. The van der Waals surface area contributed by atoms with E-state index >= 15 is 0 Å². The van der Waals surface area contributed by atoms with Gasteiger partial charge in [0.15, 0.2) is 5.78 Å². The van der Waals surface area contributed by atoms with Gasteiger partial charge in [0.2, 0.25) is 0 Å². The lowest BCUT2D eigenvalue weighted by Gasteiger charge is -2.72. The molecule has 4 saturated carbocycles. The Bertz CT molecular complexity index is 1120. The predicted molar refractivity (Wildman–Crippen MR) is 160 cm³/mol. The lowest BCUT2D eigenvalue weighted by Crippen LogP contribution is -2.66. The first-order chi connectivity index (χ1) is 18.6. The Balaban J connectivity index is 1.55. The summed E-state index contributed by atoms with van der Waals surface area (Å²) in [4.78, 5) is 39.3. The molecule has 5 nitrogen and oxygen atoms in total. The van der Waals surface area contributed by atoms with Gasteiger partial charge >= 0.3 is 11.9 Å². The molecule has 5 rings (SSSR count). The molecule has 0 aromatic carbocycles. The summed E-state index contributed by atoms with van der Waals surface area (Å²) in [6.07, 6.45) is 8.35. The van der Waals surface area contributed by atoms with Crippen LogP contribution in [0.3, 0.4) is 0 Å². The summed E-state index contributed by atoms with van der Waals surface area (Å²) < 4.78 is 11.7. The number of carbonyl (C=O) groups excluding carboxylic acids is 3. The molecular formula is C34H51BrO5. The Morgan fingerprint density at radius 2 is 1.62 bits per heavy atom. The first-order valence-corrected chi connectivity index (χ1v) is 16.9. The van der Waals surface area contributed by atoms with Crippen LogP contribution in [0.2, 0.25) is 0 Å². The van der Waals surface area contributed by atoms with Crippen LogP contribution in [0.5, 0.6) is 0 Å². The van der Waals surface area contributed by atoms with E-state index in [-0.39, 0.29) is 63.7 Å². The fourth-order valence-electron chi connectivity index (χ4n) is 11.5. The number of esters is 2. The van der Waals surface area contributed by atoms with Crippen LogP contribution >= 0.6 is 15.9 Å². The average molecular weight is 620 g/mol. The molecule has 0 bridgehead atoms. The van der Waals surface area contributed by atoms with Crippen molar-refractivity contribution < 1.29 is 23.9 Å². The number of hydrogen-bond acceptors (Lipinski definition) is 5. The molecule has 0 amide bonds. The summed E-state index contributed by atoms with van der Waals surface area (Å²) in [6.45, 7) is 18.4. The Labute approximate surface area is 250 Å². The normalized spacial score (nSPS) is 43.9. The maximum atomic E-state index is 13.8. The van der Waals surface area contributed by atoms with Crippen molar-refractivity contribution in [3.05, 3.63) is 11.1 Å². The van der Waals surface area contributed by atoms with Crippen LogP contribution in [0.25, 0.3) is 0 Å². The summed E-state index contributed by atoms with van der Waals surface area (Å²) in [7, 11) is 0. The van der Waals surface area contributed by atoms with Crippen molar-refractivity contribution in [2.24, 2.45) is 50.7 Å². The molecule has 5 aliphatic rings. The van der Waals surface area contributed by atoms with Crippen molar-refractivity contribution in [1.82, 2.24) is 0 Å². The van der Waals surface area contributed by atoms with Crippen LogP contribution in [0.15, 0.2) is 11.1 Å². The molecule has 0 aliphatic heterocycles. The molecule has 40 heavy (non-hydrogen) atoms. The number of allylic oxidation sites excluding steroid dienone is 1. The van der Waals surface area contributed by atoms with Crippen molar-refractivity contribution in [3.63, 3.8) is 0 Å². The van der Waals surface area contributed by atoms with E-state index in [0.717, 1.165) is 56.1 Å². The molecule has 0 spiro atoms. The van der Waals surface area contributed by atoms with Gasteiger partial charge in [0, 0.05) is 24.1 Å². The number of alkyl halides is 1. The highest BCUT2D eigenvalue weighted by Crippen LogP contribution is 2.76. The van der Waals surface area contributed by atoms with E-state index in [4.69, 9.17) is 9.47 Å². The summed E-state index contributed by atoms with van der Waals surface area (Å²) in [5.41, 5.74) is 1.54. The number of carbonyl (C=O) groups is 3. The largest absolute Gasteiger partial charge is 0.464 e. The number of fused-ring (bicyclic) bond motifs is 7. The number of hydrogen-bond donors (Lipinski definition) is 0. The first-order valence-electron chi connectivity index (χ1n) is 15.8. The third-order valence-corrected chi connectivity index (χ3v) is 13.7. The van der Waals surface area contributed by atoms with E-state index in [1.807, 2.05) is 0 Å². The molecule has 4 fully saturated rings. The second-order valence-corrected chi connectivity index (χ2v) is 16.4.